The zero-order chi connectivity index (χ0) is 12.1. The average molecular weight is 232 g/mol. The number of hydrogen-bond acceptors (Lipinski definition) is 0. The van der Waals surface area contributed by atoms with Crippen LogP contribution < -0.4 is 4.57 Å². The quantitative estimate of drug-likeness (QED) is 0.520. The summed E-state index contributed by atoms with van der Waals surface area (Å²) in [5.74, 6) is 0. The zero-order valence-corrected chi connectivity index (χ0v) is 10.3. The number of nitrogens with zero attached hydrogens (tertiary/aromatic N) is 1. The van der Waals surface area contributed by atoms with Gasteiger partial charge in [0.2, 0.25) is 5.69 Å². The third-order valence-electron chi connectivity index (χ3n) is 3.97. The van der Waals surface area contributed by atoms with Gasteiger partial charge in [-0.2, -0.15) is 4.57 Å². The highest BCUT2D eigenvalue weighted by Crippen LogP contribution is 2.36. The van der Waals surface area contributed by atoms with Gasteiger partial charge >= 0.3 is 0 Å². The van der Waals surface area contributed by atoms with Crippen molar-refractivity contribution in [3.05, 3.63) is 66.4 Å². The highest BCUT2D eigenvalue weighted by atomic mass is 15.0. The van der Waals surface area contributed by atoms with Crippen molar-refractivity contribution in [2.24, 2.45) is 0 Å². The second-order valence-corrected chi connectivity index (χ2v) is 4.92. The molecule has 0 spiro atoms. The van der Waals surface area contributed by atoms with Crippen LogP contribution in [0.15, 0.2) is 60.8 Å². The fourth-order valence-electron chi connectivity index (χ4n) is 3.07. The van der Waals surface area contributed by atoms with Gasteiger partial charge in [0, 0.05) is 18.6 Å². The molecule has 0 fully saturated rings. The number of benzene rings is 2. The van der Waals surface area contributed by atoms with E-state index in [4.69, 9.17) is 0 Å². The Kier molecular flexibility index (Phi) is 1.87. The molecule has 0 bridgehead atoms. The molecule has 1 atom stereocenters. The molecule has 0 N–H and O–H groups in total. The third kappa shape index (κ3) is 1.14. The van der Waals surface area contributed by atoms with Crippen LogP contribution in [-0.4, -0.2) is 0 Å². The van der Waals surface area contributed by atoms with Crippen LogP contribution in [0.5, 0.6) is 0 Å². The molecule has 1 nitrogen and oxygen atoms in total. The first kappa shape index (κ1) is 9.84. The molecule has 3 aromatic rings. The molecule has 86 valence electrons. The van der Waals surface area contributed by atoms with Gasteiger partial charge in [0.05, 0.1) is 10.9 Å². The van der Waals surface area contributed by atoms with Crippen molar-refractivity contribution in [3.63, 3.8) is 0 Å². The summed E-state index contributed by atoms with van der Waals surface area (Å²) in [5.41, 5.74) is 4.16. The van der Waals surface area contributed by atoms with Gasteiger partial charge in [0.1, 0.15) is 0 Å². The molecular formula is C17H14N+. The summed E-state index contributed by atoms with van der Waals surface area (Å²) >= 11 is 0. The van der Waals surface area contributed by atoms with Crippen LogP contribution in [0.2, 0.25) is 0 Å². The van der Waals surface area contributed by atoms with Crippen LogP contribution in [0.25, 0.3) is 22.0 Å². The Morgan fingerprint density at radius 3 is 2.61 bits per heavy atom. The molecule has 2 heterocycles. The summed E-state index contributed by atoms with van der Waals surface area (Å²) in [6.07, 6.45) is 2.21. The summed E-state index contributed by atoms with van der Waals surface area (Å²) in [5, 5.41) is 2.66. The van der Waals surface area contributed by atoms with E-state index >= 15 is 0 Å². The standard InChI is InChI=1S/C17H14N/c1-12-14-7-4-5-9-16(14)17-15-8-3-2-6-13(15)10-11-18(12)17/h2-12H,1H3/q+1. The predicted molar refractivity (Wildman–Crippen MR) is 73.4 cm³/mol. The molecule has 1 unspecified atom stereocenters. The molecular weight excluding hydrogens is 218 g/mol. The molecule has 18 heavy (non-hydrogen) atoms. The molecule has 0 aliphatic carbocycles. The first-order valence-corrected chi connectivity index (χ1v) is 6.38. The Morgan fingerprint density at radius 2 is 1.67 bits per heavy atom. The Hall–Kier alpha value is -2.15. The second-order valence-electron chi connectivity index (χ2n) is 4.92. The fraction of sp³-hybridized carbons (Fsp3) is 0.118. The SMILES string of the molecule is CC1c2ccccc2-c2c3ccccc3cc[n+]21. The van der Waals surface area contributed by atoms with Crippen molar-refractivity contribution in [3.8, 4) is 11.3 Å². The Labute approximate surface area is 106 Å². The molecule has 1 heteroatoms. The van der Waals surface area contributed by atoms with Crippen LogP contribution in [0, 0.1) is 0 Å². The maximum absolute atomic E-state index is 2.38. The minimum atomic E-state index is 0.431. The third-order valence-corrected chi connectivity index (χ3v) is 3.97. The van der Waals surface area contributed by atoms with Crippen molar-refractivity contribution in [1.29, 1.82) is 0 Å². The lowest BCUT2D eigenvalue weighted by atomic mass is 10.0. The maximum atomic E-state index is 2.38. The average Bonchev–Trinajstić information content (AvgIpc) is 2.73. The largest absolute Gasteiger partial charge is 0.221 e. The van der Waals surface area contributed by atoms with Crippen LogP contribution in [0.1, 0.15) is 18.5 Å². The molecule has 4 rings (SSSR count). The van der Waals surface area contributed by atoms with Crippen molar-refractivity contribution >= 4 is 10.8 Å². The highest BCUT2D eigenvalue weighted by Gasteiger charge is 2.33. The number of aromatic nitrogens is 1. The Morgan fingerprint density at radius 1 is 0.889 bits per heavy atom. The van der Waals surface area contributed by atoms with Crippen molar-refractivity contribution in [1.82, 2.24) is 0 Å². The monoisotopic (exact) mass is 232 g/mol. The van der Waals surface area contributed by atoms with Gasteiger partial charge in [-0.25, -0.2) is 0 Å². The van der Waals surface area contributed by atoms with E-state index in [1.807, 2.05) is 0 Å². The predicted octanol–water partition coefficient (Wildman–Crippen LogP) is 3.72. The zero-order valence-electron chi connectivity index (χ0n) is 10.3. The molecule has 1 aromatic heterocycles. The summed E-state index contributed by atoms with van der Waals surface area (Å²) in [6.45, 7) is 2.27. The minimum Gasteiger partial charge on any atom is -0.191 e. The molecule has 1 aliphatic heterocycles. The number of pyridine rings is 1. The molecule has 1 aliphatic rings. The lowest BCUT2D eigenvalue weighted by Crippen LogP contribution is -2.35. The van der Waals surface area contributed by atoms with E-state index in [9.17, 15) is 0 Å². The lowest BCUT2D eigenvalue weighted by molar-refractivity contribution is -0.693. The van der Waals surface area contributed by atoms with E-state index in [0.29, 0.717) is 6.04 Å². The number of rotatable bonds is 0. The van der Waals surface area contributed by atoms with Crippen LogP contribution in [0.3, 0.4) is 0 Å². The smallest absolute Gasteiger partial charge is 0.191 e. The van der Waals surface area contributed by atoms with Gasteiger partial charge in [0.15, 0.2) is 12.2 Å². The van der Waals surface area contributed by atoms with E-state index in [1.165, 1.54) is 27.6 Å². The van der Waals surface area contributed by atoms with Crippen molar-refractivity contribution in [2.75, 3.05) is 0 Å². The van der Waals surface area contributed by atoms with Crippen molar-refractivity contribution in [2.45, 2.75) is 13.0 Å². The molecule has 0 saturated heterocycles. The molecule has 0 saturated carbocycles. The van der Waals surface area contributed by atoms with Crippen LogP contribution in [-0.2, 0) is 0 Å². The maximum Gasteiger partial charge on any atom is 0.221 e. The summed E-state index contributed by atoms with van der Waals surface area (Å²) < 4.78 is 2.38. The first-order chi connectivity index (χ1) is 8.86. The summed E-state index contributed by atoms with van der Waals surface area (Å²) in [6, 6.07) is 20.0. The van der Waals surface area contributed by atoms with Gasteiger partial charge in [-0.3, -0.25) is 0 Å². The Balaban J connectivity index is 2.19. The molecule has 0 amide bonds. The first-order valence-electron chi connectivity index (χ1n) is 6.38. The summed E-state index contributed by atoms with van der Waals surface area (Å²) in [7, 11) is 0. The van der Waals surface area contributed by atoms with Crippen LogP contribution in [0.4, 0.5) is 0 Å². The topological polar surface area (TPSA) is 3.88 Å². The highest BCUT2D eigenvalue weighted by molar-refractivity contribution is 5.94. The van der Waals surface area contributed by atoms with E-state index in [0.717, 1.165) is 0 Å². The fourth-order valence-corrected chi connectivity index (χ4v) is 3.07. The number of hydrogen-bond donors (Lipinski definition) is 0. The second kappa shape index (κ2) is 3.42. The van der Waals surface area contributed by atoms with Crippen molar-refractivity contribution < 1.29 is 4.57 Å². The molecule has 2 aromatic carbocycles. The van der Waals surface area contributed by atoms with Gasteiger partial charge in [-0.1, -0.05) is 36.4 Å². The normalized spacial score (nSPS) is 16.6. The Bertz CT molecular complexity index is 758. The van der Waals surface area contributed by atoms with Gasteiger partial charge in [-0.15, -0.1) is 0 Å². The lowest BCUT2D eigenvalue weighted by Gasteiger charge is -2.02. The number of fused-ring (bicyclic) bond motifs is 5. The van der Waals surface area contributed by atoms with Gasteiger partial charge in [0.25, 0.3) is 0 Å². The van der Waals surface area contributed by atoms with Gasteiger partial charge < -0.3 is 0 Å². The minimum absolute atomic E-state index is 0.431. The van der Waals surface area contributed by atoms with Gasteiger partial charge in [-0.05, 0) is 17.5 Å². The van der Waals surface area contributed by atoms with E-state index in [1.54, 1.807) is 0 Å². The van der Waals surface area contributed by atoms with E-state index < -0.39 is 0 Å². The van der Waals surface area contributed by atoms with Crippen LogP contribution >= 0.6 is 0 Å². The van der Waals surface area contributed by atoms with E-state index in [2.05, 4.69) is 72.3 Å². The summed E-state index contributed by atoms with van der Waals surface area (Å²) in [4.78, 5) is 0. The molecule has 0 radical (unpaired) electrons. The van der Waals surface area contributed by atoms with E-state index in [-0.39, 0.29) is 0 Å².